The van der Waals surface area contributed by atoms with E-state index in [2.05, 4.69) is 19.2 Å². The third kappa shape index (κ3) is 37.5. The lowest BCUT2D eigenvalue weighted by Gasteiger charge is -2.18. The van der Waals surface area contributed by atoms with Crippen LogP contribution in [-0.2, 0) is 38.0 Å². The lowest BCUT2D eigenvalue weighted by molar-refractivity contribution is -0.150. The first-order valence-corrected chi connectivity index (χ1v) is 19.7. The molecule has 0 aliphatic rings. The number of unbranched alkanes of at least 4 members (excludes halogenated alkanes) is 14. The van der Waals surface area contributed by atoms with Gasteiger partial charge in [-0.3, -0.25) is 9.59 Å². The molecule has 0 aliphatic carbocycles. The van der Waals surface area contributed by atoms with Crippen molar-refractivity contribution in [3.8, 4) is 0 Å². The van der Waals surface area contributed by atoms with E-state index in [-0.39, 0.29) is 24.5 Å². The van der Waals surface area contributed by atoms with Crippen molar-refractivity contribution in [1.29, 1.82) is 0 Å². The minimum absolute atomic E-state index is 0.00725. The fourth-order valence-corrected chi connectivity index (χ4v) is 5.30. The van der Waals surface area contributed by atoms with Crippen molar-refractivity contribution >= 4 is 11.9 Å². The lowest BCUT2D eigenvalue weighted by atomic mass is 10.0. The van der Waals surface area contributed by atoms with Crippen molar-refractivity contribution in [3.05, 3.63) is 0 Å². The molecular formula is C38H76N2O8. The number of hydrogen-bond donors (Lipinski definition) is 2. The normalized spacial score (nSPS) is 11.4. The molecule has 0 saturated carbocycles. The Hall–Kier alpha value is -1.30. The molecule has 0 rings (SSSR count). The summed E-state index contributed by atoms with van der Waals surface area (Å²) in [6.45, 7) is 10.7. The second-order valence-corrected chi connectivity index (χ2v) is 12.7. The molecule has 0 spiro atoms. The second-order valence-electron chi connectivity index (χ2n) is 12.7. The third-order valence-electron chi connectivity index (χ3n) is 8.16. The SMILES string of the molecule is CCCCCCCCC(CCCCCCCC)OC(=O)CCCCCCCNCCOC(=O)CCOCCOCCOCCOCCN. The van der Waals surface area contributed by atoms with Gasteiger partial charge in [-0.25, -0.2) is 0 Å². The summed E-state index contributed by atoms with van der Waals surface area (Å²) in [5, 5.41) is 3.33. The molecule has 10 heteroatoms. The number of nitrogens with two attached hydrogens (primary N) is 1. The third-order valence-corrected chi connectivity index (χ3v) is 8.16. The Bertz CT molecular complexity index is 655. The van der Waals surface area contributed by atoms with Gasteiger partial charge < -0.3 is 39.5 Å². The first-order valence-electron chi connectivity index (χ1n) is 19.7. The minimum Gasteiger partial charge on any atom is -0.464 e. The molecule has 0 aromatic carbocycles. The summed E-state index contributed by atoms with van der Waals surface area (Å²) in [5.74, 6) is -0.259. The molecule has 0 aromatic rings. The molecule has 3 N–H and O–H groups in total. The van der Waals surface area contributed by atoms with Gasteiger partial charge in [0.1, 0.15) is 12.7 Å². The van der Waals surface area contributed by atoms with Gasteiger partial charge in [0, 0.05) is 19.5 Å². The van der Waals surface area contributed by atoms with Gasteiger partial charge in [0.2, 0.25) is 0 Å². The van der Waals surface area contributed by atoms with Crippen LogP contribution in [0.3, 0.4) is 0 Å². The lowest BCUT2D eigenvalue weighted by Crippen LogP contribution is -2.22. The first-order chi connectivity index (χ1) is 23.6. The van der Waals surface area contributed by atoms with Gasteiger partial charge in [-0.05, 0) is 45.1 Å². The van der Waals surface area contributed by atoms with E-state index >= 15 is 0 Å². The number of ether oxygens (including phenoxy) is 6. The summed E-state index contributed by atoms with van der Waals surface area (Å²) in [7, 11) is 0. The van der Waals surface area contributed by atoms with E-state index in [0.717, 1.165) is 51.5 Å². The first kappa shape index (κ1) is 46.7. The van der Waals surface area contributed by atoms with Gasteiger partial charge in [0.05, 0.1) is 59.3 Å². The maximum atomic E-state index is 12.6. The average molecular weight is 689 g/mol. The topological polar surface area (TPSA) is 128 Å². The monoisotopic (exact) mass is 689 g/mol. The molecule has 0 aliphatic heterocycles. The van der Waals surface area contributed by atoms with Crippen LogP contribution in [0.2, 0.25) is 0 Å². The maximum absolute atomic E-state index is 12.6. The minimum atomic E-state index is -0.252. The standard InChI is InChI=1S/C38H76N2O8/c1-3-5-7-9-12-16-20-36(21-17-13-10-8-6-4-2)48-38(42)22-18-14-11-15-19-25-40-26-29-47-37(41)23-27-43-30-32-45-34-35-46-33-31-44-28-24-39/h36,40H,3-35,39H2,1-2H3. The van der Waals surface area contributed by atoms with E-state index in [1.54, 1.807) is 0 Å². The summed E-state index contributed by atoms with van der Waals surface area (Å²) in [6, 6.07) is 0. The number of esters is 2. The highest BCUT2D eigenvalue weighted by Crippen LogP contribution is 2.18. The molecule has 10 nitrogen and oxygen atoms in total. The van der Waals surface area contributed by atoms with Gasteiger partial charge in [0.15, 0.2) is 0 Å². The molecule has 48 heavy (non-hydrogen) atoms. The van der Waals surface area contributed by atoms with E-state index in [4.69, 9.17) is 34.2 Å². The van der Waals surface area contributed by atoms with Crippen LogP contribution >= 0.6 is 0 Å². The van der Waals surface area contributed by atoms with Gasteiger partial charge in [-0.2, -0.15) is 0 Å². The predicted octanol–water partition coefficient (Wildman–Crippen LogP) is 7.29. The number of hydrogen-bond acceptors (Lipinski definition) is 10. The summed E-state index contributed by atoms with van der Waals surface area (Å²) >= 11 is 0. The van der Waals surface area contributed by atoms with E-state index < -0.39 is 0 Å². The van der Waals surface area contributed by atoms with Crippen LogP contribution in [0, 0.1) is 0 Å². The van der Waals surface area contributed by atoms with Gasteiger partial charge >= 0.3 is 11.9 Å². The zero-order valence-electron chi connectivity index (χ0n) is 31.3. The molecule has 0 heterocycles. The fraction of sp³-hybridized carbons (Fsp3) is 0.947. The maximum Gasteiger partial charge on any atom is 0.308 e. The molecule has 0 unspecified atom stereocenters. The van der Waals surface area contributed by atoms with Crippen molar-refractivity contribution < 1.29 is 38.0 Å². The quantitative estimate of drug-likeness (QED) is 0.0501. The van der Waals surface area contributed by atoms with Gasteiger partial charge in [-0.1, -0.05) is 97.3 Å². The van der Waals surface area contributed by atoms with Crippen molar-refractivity contribution in [1.82, 2.24) is 5.32 Å². The van der Waals surface area contributed by atoms with Crippen molar-refractivity contribution in [2.45, 2.75) is 155 Å². The van der Waals surface area contributed by atoms with Crippen LogP contribution in [0.5, 0.6) is 0 Å². The van der Waals surface area contributed by atoms with Crippen LogP contribution in [0.4, 0.5) is 0 Å². The van der Waals surface area contributed by atoms with Crippen LogP contribution < -0.4 is 11.1 Å². The zero-order chi connectivity index (χ0) is 35.0. The average Bonchev–Trinajstić information content (AvgIpc) is 3.08. The van der Waals surface area contributed by atoms with Crippen LogP contribution in [0.1, 0.15) is 149 Å². The van der Waals surface area contributed by atoms with Crippen molar-refractivity contribution in [2.75, 3.05) is 79.1 Å². The molecule has 0 saturated heterocycles. The van der Waals surface area contributed by atoms with E-state index in [9.17, 15) is 9.59 Å². The van der Waals surface area contributed by atoms with Crippen LogP contribution in [0.25, 0.3) is 0 Å². The fourth-order valence-electron chi connectivity index (χ4n) is 5.30. The zero-order valence-corrected chi connectivity index (χ0v) is 31.3. The molecule has 0 aromatic heterocycles. The van der Waals surface area contributed by atoms with Gasteiger partial charge in [-0.15, -0.1) is 0 Å². The molecular weight excluding hydrogens is 612 g/mol. The molecule has 286 valence electrons. The highest BCUT2D eigenvalue weighted by molar-refractivity contribution is 5.69. The highest BCUT2D eigenvalue weighted by atomic mass is 16.6. The Balaban J connectivity index is 3.65. The molecule has 0 atom stereocenters. The largest absolute Gasteiger partial charge is 0.464 e. The Labute approximate surface area is 294 Å². The predicted molar refractivity (Wildman–Crippen MR) is 194 cm³/mol. The highest BCUT2D eigenvalue weighted by Gasteiger charge is 2.14. The van der Waals surface area contributed by atoms with Crippen molar-refractivity contribution in [3.63, 3.8) is 0 Å². The Morgan fingerprint density at radius 2 is 0.979 bits per heavy atom. The van der Waals surface area contributed by atoms with E-state index in [1.165, 1.54) is 77.0 Å². The molecule has 0 bridgehead atoms. The Morgan fingerprint density at radius 3 is 1.54 bits per heavy atom. The Kier molecular flexibility index (Phi) is 39.0. The number of rotatable bonds is 40. The second kappa shape index (κ2) is 40.1. The van der Waals surface area contributed by atoms with Crippen molar-refractivity contribution in [2.24, 2.45) is 5.73 Å². The van der Waals surface area contributed by atoms with Gasteiger partial charge in [0.25, 0.3) is 0 Å². The smallest absolute Gasteiger partial charge is 0.308 e. The summed E-state index contributed by atoms with van der Waals surface area (Å²) in [4.78, 5) is 24.4. The molecule has 0 radical (unpaired) electrons. The summed E-state index contributed by atoms with van der Waals surface area (Å²) in [5.41, 5.74) is 5.34. The number of carbonyl (C=O) groups is 2. The van der Waals surface area contributed by atoms with Crippen LogP contribution in [0.15, 0.2) is 0 Å². The number of nitrogens with one attached hydrogen (secondary N) is 1. The summed E-state index contributed by atoms with van der Waals surface area (Å²) < 4.78 is 32.6. The molecule has 0 amide bonds. The Morgan fingerprint density at radius 1 is 0.500 bits per heavy atom. The van der Waals surface area contributed by atoms with Crippen LogP contribution in [-0.4, -0.2) is 97.1 Å². The number of carbonyl (C=O) groups excluding carboxylic acids is 2. The van der Waals surface area contributed by atoms with E-state index in [0.29, 0.717) is 79.0 Å². The van der Waals surface area contributed by atoms with E-state index in [1.807, 2.05) is 0 Å². The molecule has 0 fully saturated rings. The summed E-state index contributed by atoms with van der Waals surface area (Å²) in [6.07, 6.45) is 23.5.